The molecule has 0 unspecified atom stereocenters. The number of hydrogen-bond donors (Lipinski definition) is 2. The van der Waals surface area contributed by atoms with Crippen LogP contribution in [0.15, 0.2) is 12.2 Å². The van der Waals surface area contributed by atoms with Gasteiger partial charge in [0.2, 0.25) is 0 Å². The number of ether oxygens (including phenoxy) is 1. The molecular weight excluding hydrogens is 244 g/mol. The molecule has 1 aliphatic heterocycles. The summed E-state index contributed by atoms with van der Waals surface area (Å²) < 4.78 is 5.74. The van der Waals surface area contributed by atoms with Crippen LogP contribution in [0.3, 0.4) is 0 Å². The van der Waals surface area contributed by atoms with E-state index in [4.69, 9.17) is 9.99 Å². The number of aliphatic hydroxyl groups excluding tert-OH is 1. The maximum atomic E-state index is 10.5. The molecule has 5 atom stereocenters. The highest BCUT2D eigenvalue weighted by Gasteiger charge is 2.57. The number of rotatable bonds is 2. The monoisotopic (exact) mass is 270 g/mol. The van der Waals surface area contributed by atoms with Crippen LogP contribution in [0.25, 0.3) is 0 Å². The molecule has 1 saturated carbocycles. The topological polar surface area (TPSA) is 62.2 Å². The third kappa shape index (κ3) is 3.02. The van der Waals surface area contributed by atoms with Crippen molar-refractivity contribution in [3.05, 3.63) is 12.2 Å². The van der Waals surface area contributed by atoms with Crippen LogP contribution in [0.2, 0.25) is 0 Å². The van der Waals surface area contributed by atoms with Crippen LogP contribution < -0.4 is 0 Å². The maximum absolute atomic E-state index is 10.5. The fourth-order valence-electron chi connectivity index (χ4n) is 3.27. The SMILES string of the molecule is C=C1CC[C@@H](C(C)C)[C@@H](O)[C@@H]2O[C@@]2(C)CC[C@H]1OO. The Bertz CT molecular complexity index is 341. The molecular formula is C15H26O4. The Morgan fingerprint density at radius 3 is 2.68 bits per heavy atom. The fourth-order valence-corrected chi connectivity index (χ4v) is 3.27. The highest BCUT2D eigenvalue weighted by Crippen LogP contribution is 2.47. The second kappa shape index (κ2) is 5.52. The van der Waals surface area contributed by atoms with E-state index in [2.05, 4.69) is 25.3 Å². The van der Waals surface area contributed by atoms with Gasteiger partial charge in [-0.25, -0.2) is 4.89 Å². The van der Waals surface area contributed by atoms with E-state index in [1.54, 1.807) is 0 Å². The Hall–Kier alpha value is -0.420. The maximum Gasteiger partial charge on any atom is 0.114 e. The van der Waals surface area contributed by atoms with E-state index >= 15 is 0 Å². The Labute approximate surface area is 115 Å². The average Bonchev–Trinajstić information content (AvgIpc) is 3.01. The summed E-state index contributed by atoms with van der Waals surface area (Å²) in [5, 5.41) is 19.5. The van der Waals surface area contributed by atoms with Crippen LogP contribution in [0.4, 0.5) is 0 Å². The molecule has 4 nitrogen and oxygen atoms in total. The highest BCUT2D eigenvalue weighted by atomic mass is 17.1. The van der Waals surface area contributed by atoms with Crippen molar-refractivity contribution in [2.75, 3.05) is 0 Å². The molecule has 2 aliphatic rings. The van der Waals surface area contributed by atoms with Gasteiger partial charge in [0.25, 0.3) is 0 Å². The first-order valence-corrected chi connectivity index (χ1v) is 7.23. The van der Waals surface area contributed by atoms with Crippen LogP contribution in [-0.2, 0) is 9.62 Å². The van der Waals surface area contributed by atoms with Gasteiger partial charge in [-0.05, 0) is 50.0 Å². The van der Waals surface area contributed by atoms with Crippen molar-refractivity contribution in [1.82, 2.24) is 0 Å². The van der Waals surface area contributed by atoms with Gasteiger partial charge in [0.1, 0.15) is 12.2 Å². The number of epoxide rings is 1. The summed E-state index contributed by atoms with van der Waals surface area (Å²) in [6.45, 7) is 10.3. The second-order valence-electron chi connectivity index (χ2n) is 6.58. The predicted molar refractivity (Wildman–Crippen MR) is 72.7 cm³/mol. The van der Waals surface area contributed by atoms with Gasteiger partial charge in [-0.1, -0.05) is 20.4 Å². The highest BCUT2D eigenvalue weighted by molar-refractivity contribution is 5.10. The molecule has 0 aromatic rings. The largest absolute Gasteiger partial charge is 0.390 e. The molecule has 0 aromatic carbocycles. The third-order valence-corrected chi connectivity index (χ3v) is 4.83. The average molecular weight is 270 g/mol. The summed E-state index contributed by atoms with van der Waals surface area (Å²) >= 11 is 0. The van der Waals surface area contributed by atoms with Crippen molar-refractivity contribution in [2.24, 2.45) is 11.8 Å². The van der Waals surface area contributed by atoms with Crippen molar-refractivity contribution >= 4 is 0 Å². The molecule has 19 heavy (non-hydrogen) atoms. The molecule has 2 rings (SSSR count). The van der Waals surface area contributed by atoms with Crippen molar-refractivity contribution in [1.29, 1.82) is 0 Å². The van der Waals surface area contributed by atoms with Gasteiger partial charge >= 0.3 is 0 Å². The molecule has 0 amide bonds. The quantitative estimate of drug-likeness (QED) is 0.350. The molecule has 1 heterocycles. The van der Waals surface area contributed by atoms with E-state index in [9.17, 15) is 5.11 Å². The summed E-state index contributed by atoms with van der Waals surface area (Å²) in [4.78, 5) is 4.55. The zero-order chi connectivity index (χ0) is 14.2. The summed E-state index contributed by atoms with van der Waals surface area (Å²) in [6.07, 6.45) is 2.27. The van der Waals surface area contributed by atoms with Gasteiger partial charge in [-0.2, -0.15) is 0 Å². The van der Waals surface area contributed by atoms with Crippen molar-refractivity contribution in [3.8, 4) is 0 Å². The lowest BCUT2D eigenvalue weighted by atomic mass is 9.79. The van der Waals surface area contributed by atoms with Crippen molar-refractivity contribution in [2.45, 2.75) is 70.4 Å². The molecule has 0 bridgehead atoms. The summed E-state index contributed by atoms with van der Waals surface area (Å²) in [5.41, 5.74) is 0.629. The third-order valence-electron chi connectivity index (χ3n) is 4.83. The number of aliphatic hydroxyl groups is 1. The molecule has 0 spiro atoms. The molecule has 2 N–H and O–H groups in total. The predicted octanol–water partition coefficient (Wildman–Crippen LogP) is 2.77. The lowest BCUT2D eigenvalue weighted by molar-refractivity contribution is -0.270. The Morgan fingerprint density at radius 2 is 2.11 bits per heavy atom. The molecule has 2 fully saturated rings. The van der Waals surface area contributed by atoms with Crippen molar-refractivity contribution in [3.63, 3.8) is 0 Å². The molecule has 1 aliphatic carbocycles. The Balaban J connectivity index is 2.14. The minimum absolute atomic E-state index is 0.0781. The number of hydrogen-bond acceptors (Lipinski definition) is 4. The van der Waals surface area contributed by atoms with Crippen LogP contribution in [0.5, 0.6) is 0 Å². The van der Waals surface area contributed by atoms with E-state index in [-0.39, 0.29) is 23.7 Å². The zero-order valence-corrected chi connectivity index (χ0v) is 12.1. The van der Waals surface area contributed by atoms with Crippen LogP contribution in [0.1, 0.15) is 46.5 Å². The normalized spacial score (nSPS) is 44.0. The van der Waals surface area contributed by atoms with Gasteiger partial charge in [-0.3, -0.25) is 5.26 Å². The first kappa shape index (κ1) is 15.0. The Kier molecular flexibility index (Phi) is 4.35. The van der Waals surface area contributed by atoms with Gasteiger partial charge in [0, 0.05) is 0 Å². The molecule has 0 aromatic heterocycles. The van der Waals surface area contributed by atoms with Crippen LogP contribution in [0, 0.1) is 11.8 Å². The Morgan fingerprint density at radius 1 is 1.42 bits per heavy atom. The summed E-state index contributed by atoms with van der Waals surface area (Å²) in [6, 6.07) is 0. The van der Waals surface area contributed by atoms with Gasteiger partial charge in [-0.15, -0.1) is 0 Å². The van der Waals surface area contributed by atoms with Gasteiger partial charge in [0.15, 0.2) is 0 Å². The van der Waals surface area contributed by atoms with Gasteiger partial charge in [0.05, 0.1) is 11.7 Å². The van der Waals surface area contributed by atoms with Crippen LogP contribution in [-0.4, -0.2) is 34.3 Å². The fraction of sp³-hybridized carbons (Fsp3) is 0.867. The number of fused-ring (bicyclic) bond motifs is 1. The molecule has 110 valence electrons. The van der Waals surface area contributed by atoms with E-state index in [0.29, 0.717) is 12.3 Å². The lowest BCUT2D eigenvalue weighted by Gasteiger charge is -2.29. The standard InChI is InChI=1S/C15H26O4/c1-9(2)11-6-5-10(3)12(19-17)7-8-15(4)14(18-15)13(11)16/h9,11-14,16-17H,3,5-8H2,1-2,4H3/t11-,12+,13+,14-,15-/m0/s1. The van der Waals surface area contributed by atoms with E-state index in [1.165, 1.54) is 0 Å². The second-order valence-corrected chi connectivity index (χ2v) is 6.58. The minimum atomic E-state index is -0.413. The molecule has 1 saturated heterocycles. The smallest absolute Gasteiger partial charge is 0.114 e. The first-order valence-electron chi connectivity index (χ1n) is 7.23. The van der Waals surface area contributed by atoms with Crippen LogP contribution >= 0.6 is 0 Å². The molecule has 0 radical (unpaired) electrons. The van der Waals surface area contributed by atoms with Gasteiger partial charge < -0.3 is 9.84 Å². The lowest BCUT2D eigenvalue weighted by Crippen LogP contribution is -2.35. The van der Waals surface area contributed by atoms with E-state index in [0.717, 1.165) is 24.8 Å². The zero-order valence-electron chi connectivity index (χ0n) is 12.1. The van der Waals surface area contributed by atoms with Crippen molar-refractivity contribution < 1.29 is 20.0 Å². The summed E-state index contributed by atoms with van der Waals surface area (Å²) in [7, 11) is 0. The molecule has 4 heteroatoms. The van der Waals surface area contributed by atoms with E-state index in [1.807, 2.05) is 6.92 Å². The van der Waals surface area contributed by atoms with E-state index < -0.39 is 6.10 Å². The minimum Gasteiger partial charge on any atom is -0.390 e. The summed E-state index contributed by atoms with van der Waals surface area (Å²) in [5.74, 6) is 0.588. The first-order chi connectivity index (χ1) is 8.89.